The molecule has 5 nitrogen and oxygen atoms in total. The van der Waals surface area contributed by atoms with Gasteiger partial charge in [-0.3, -0.25) is 9.36 Å². The Kier molecular flexibility index (Phi) is 7.92. The van der Waals surface area contributed by atoms with Gasteiger partial charge in [0.05, 0.1) is 16.3 Å². The van der Waals surface area contributed by atoms with Crippen molar-refractivity contribution in [3.63, 3.8) is 0 Å². The molecule has 1 amide bonds. The van der Waals surface area contributed by atoms with Gasteiger partial charge in [-0.15, -0.1) is 10.2 Å². The number of benzene rings is 3. The summed E-state index contributed by atoms with van der Waals surface area (Å²) in [4.78, 5) is 12.6. The number of rotatable bonds is 7. The van der Waals surface area contributed by atoms with Crippen LogP contribution in [0.1, 0.15) is 18.1 Å². The molecular weight excluding hydrogens is 532 g/mol. The van der Waals surface area contributed by atoms with E-state index in [-0.39, 0.29) is 11.4 Å². The molecule has 0 atom stereocenters. The average Bonchev–Trinajstić information content (AvgIpc) is 3.27. The lowest BCUT2D eigenvalue weighted by Crippen LogP contribution is -2.15. The summed E-state index contributed by atoms with van der Waals surface area (Å²) in [6.45, 7) is 2.06. The smallest absolute Gasteiger partial charge is 0.325 e. The molecule has 0 aliphatic rings. The van der Waals surface area contributed by atoms with Crippen LogP contribution in [0.3, 0.4) is 0 Å². The van der Waals surface area contributed by atoms with Crippen LogP contribution in [0.2, 0.25) is 10.0 Å². The number of halogens is 5. The lowest BCUT2D eigenvalue weighted by Gasteiger charge is -2.12. The number of thioether (sulfide) groups is 1. The second kappa shape index (κ2) is 10.9. The van der Waals surface area contributed by atoms with E-state index in [4.69, 9.17) is 23.2 Å². The van der Waals surface area contributed by atoms with Crippen molar-refractivity contribution in [1.82, 2.24) is 14.8 Å². The molecule has 186 valence electrons. The molecule has 1 heterocycles. The Hall–Kier alpha value is -3.01. The molecule has 0 saturated carbocycles. The maximum atomic E-state index is 13.1. The van der Waals surface area contributed by atoms with Crippen molar-refractivity contribution in [2.45, 2.75) is 24.7 Å². The van der Waals surface area contributed by atoms with Gasteiger partial charge in [0.1, 0.15) is 0 Å². The molecule has 1 N–H and O–H groups in total. The van der Waals surface area contributed by atoms with Crippen molar-refractivity contribution in [2.24, 2.45) is 0 Å². The summed E-state index contributed by atoms with van der Waals surface area (Å²) in [7, 11) is 0. The predicted molar refractivity (Wildman–Crippen MR) is 137 cm³/mol. The number of alkyl halides is 3. The van der Waals surface area contributed by atoms with Gasteiger partial charge in [0.25, 0.3) is 0 Å². The lowest BCUT2D eigenvalue weighted by atomic mass is 10.1. The molecule has 0 spiro atoms. The number of hydrogen-bond acceptors (Lipinski definition) is 4. The fraction of sp³-hybridized carbons (Fsp3) is 0.160. The molecule has 0 unspecified atom stereocenters. The molecule has 0 fully saturated rings. The third-order valence-corrected chi connectivity index (χ3v) is 6.74. The van der Waals surface area contributed by atoms with Crippen molar-refractivity contribution in [3.05, 3.63) is 87.9 Å². The maximum Gasteiger partial charge on any atom is 0.417 e. The number of carbonyl (C=O) groups is 1. The first kappa shape index (κ1) is 26.1. The molecular formula is C25H19Cl2F3N4OS. The van der Waals surface area contributed by atoms with Crippen molar-refractivity contribution < 1.29 is 18.0 Å². The van der Waals surface area contributed by atoms with Gasteiger partial charge < -0.3 is 5.32 Å². The average molecular weight is 551 g/mol. The maximum absolute atomic E-state index is 13.1. The number of nitrogens with one attached hydrogen (secondary N) is 1. The molecule has 0 bridgehead atoms. The van der Waals surface area contributed by atoms with E-state index in [2.05, 4.69) is 22.4 Å². The zero-order valence-electron chi connectivity index (χ0n) is 18.8. The molecule has 0 aliphatic heterocycles. The van der Waals surface area contributed by atoms with Gasteiger partial charge in [0, 0.05) is 22.0 Å². The van der Waals surface area contributed by atoms with Crippen LogP contribution in [0, 0.1) is 0 Å². The Morgan fingerprint density at radius 3 is 2.33 bits per heavy atom. The van der Waals surface area contributed by atoms with Gasteiger partial charge in [0.15, 0.2) is 11.0 Å². The Balaban J connectivity index is 1.58. The first-order valence-electron chi connectivity index (χ1n) is 10.8. The molecule has 0 aliphatic carbocycles. The summed E-state index contributed by atoms with van der Waals surface area (Å²) in [5.41, 5.74) is 1.73. The largest absolute Gasteiger partial charge is 0.417 e. The van der Waals surface area contributed by atoms with Crippen LogP contribution in [0.15, 0.2) is 71.9 Å². The highest BCUT2D eigenvalue weighted by atomic mass is 35.5. The normalized spacial score (nSPS) is 11.5. The SMILES string of the molecule is CCc1ccc(-n2c(SCC(=O)Nc3ccc(Cl)c(C(F)(F)F)c3)nnc2-c2ccc(Cl)cc2)cc1. The Labute approximate surface area is 219 Å². The molecule has 36 heavy (non-hydrogen) atoms. The van der Waals surface area contributed by atoms with E-state index in [1.54, 1.807) is 12.1 Å². The molecule has 1 aromatic heterocycles. The molecule has 0 saturated heterocycles. The third-order valence-electron chi connectivity index (χ3n) is 5.23. The quantitative estimate of drug-likeness (QED) is 0.241. The molecule has 3 aromatic carbocycles. The Bertz CT molecular complexity index is 1370. The van der Waals surface area contributed by atoms with E-state index in [9.17, 15) is 18.0 Å². The summed E-state index contributed by atoms with van der Waals surface area (Å²) >= 11 is 12.8. The summed E-state index contributed by atoms with van der Waals surface area (Å²) in [6, 6.07) is 18.2. The number of hydrogen-bond donors (Lipinski definition) is 1. The van der Waals surface area contributed by atoms with Gasteiger partial charge in [-0.2, -0.15) is 13.2 Å². The molecule has 0 radical (unpaired) electrons. The van der Waals surface area contributed by atoms with Gasteiger partial charge in [-0.1, -0.05) is 54.0 Å². The minimum absolute atomic E-state index is 0.00389. The standard InChI is InChI=1S/C25H19Cl2F3N4OS/c1-2-15-3-10-19(11-4-15)34-23(16-5-7-17(26)8-6-16)32-33-24(34)36-14-22(35)31-18-9-12-21(27)20(13-18)25(28,29)30/h3-13H,2,14H2,1H3,(H,31,35). The fourth-order valence-electron chi connectivity index (χ4n) is 3.41. The van der Waals surface area contributed by atoms with Crippen molar-refractivity contribution in [1.29, 1.82) is 0 Å². The van der Waals surface area contributed by atoms with E-state index < -0.39 is 22.7 Å². The number of amides is 1. The fourth-order valence-corrected chi connectivity index (χ4v) is 4.51. The van der Waals surface area contributed by atoms with Gasteiger partial charge in [0.2, 0.25) is 5.91 Å². The van der Waals surface area contributed by atoms with E-state index in [1.807, 2.05) is 41.0 Å². The summed E-state index contributed by atoms with van der Waals surface area (Å²) in [5, 5.41) is 11.7. The summed E-state index contributed by atoms with van der Waals surface area (Å²) in [5.74, 6) is -0.0406. The number of aromatic nitrogens is 3. The van der Waals surface area contributed by atoms with Gasteiger partial charge >= 0.3 is 6.18 Å². The molecule has 4 rings (SSSR count). The number of aryl methyl sites for hydroxylation is 1. The molecule has 4 aromatic rings. The summed E-state index contributed by atoms with van der Waals surface area (Å²) < 4.78 is 41.2. The van der Waals surface area contributed by atoms with Gasteiger partial charge in [-0.05, 0) is 66.6 Å². The monoisotopic (exact) mass is 550 g/mol. The van der Waals surface area contributed by atoms with Crippen LogP contribution in [-0.4, -0.2) is 26.4 Å². The van der Waals surface area contributed by atoms with Crippen molar-refractivity contribution >= 4 is 46.6 Å². The third kappa shape index (κ3) is 6.03. The Morgan fingerprint density at radius 2 is 1.69 bits per heavy atom. The van der Waals surface area contributed by atoms with Crippen molar-refractivity contribution in [3.8, 4) is 17.1 Å². The second-order valence-electron chi connectivity index (χ2n) is 7.70. The van der Waals surface area contributed by atoms with Crippen LogP contribution in [0.5, 0.6) is 0 Å². The second-order valence-corrected chi connectivity index (χ2v) is 9.48. The summed E-state index contributed by atoms with van der Waals surface area (Å²) in [6.07, 6.45) is -3.75. The van der Waals surface area contributed by atoms with Crippen molar-refractivity contribution in [2.75, 3.05) is 11.1 Å². The van der Waals surface area contributed by atoms with E-state index in [0.717, 1.165) is 47.1 Å². The predicted octanol–water partition coefficient (Wildman–Crippen LogP) is 7.55. The van der Waals surface area contributed by atoms with Crippen LogP contribution in [0.25, 0.3) is 17.1 Å². The number of anilines is 1. The van der Waals surface area contributed by atoms with E-state index in [0.29, 0.717) is 16.0 Å². The lowest BCUT2D eigenvalue weighted by molar-refractivity contribution is -0.137. The van der Waals surface area contributed by atoms with Crippen LogP contribution < -0.4 is 5.32 Å². The topological polar surface area (TPSA) is 59.8 Å². The minimum atomic E-state index is -4.63. The van der Waals surface area contributed by atoms with Gasteiger partial charge in [-0.25, -0.2) is 0 Å². The first-order valence-corrected chi connectivity index (χ1v) is 12.5. The molecule has 11 heteroatoms. The highest BCUT2D eigenvalue weighted by Crippen LogP contribution is 2.36. The van der Waals surface area contributed by atoms with E-state index in [1.165, 1.54) is 6.07 Å². The zero-order chi connectivity index (χ0) is 25.9. The Morgan fingerprint density at radius 1 is 1.00 bits per heavy atom. The zero-order valence-corrected chi connectivity index (χ0v) is 21.1. The highest BCUT2D eigenvalue weighted by Gasteiger charge is 2.33. The van der Waals surface area contributed by atoms with Crippen LogP contribution in [-0.2, 0) is 17.4 Å². The minimum Gasteiger partial charge on any atom is -0.325 e. The number of carbonyl (C=O) groups excluding carboxylic acids is 1. The van der Waals surface area contributed by atoms with Crippen LogP contribution >= 0.6 is 35.0 Å². The van der Waals surface area contributed by atoms with Crippen LogP contribution in [0.4, 0.5) is 18.9 Å². The first-order chi connectivity index (χ1) is 17.2. The highest BCUT2D eigenvalue weighted by molar-refractivity contribution is 7.99. The van der Waals surface area contributed by atoms with E-state index >= 15 is 0 Å². The number of nitrogens with zero attached hydrogens (tertiary/aromatic N) is 3.